The minimum atomic E-state index is 0.164. The summed E-state index contributed by atoms with van der Waals surface area (Å²) in [6.45, 7) is 3.64. The van der Waals surface area contributed by atoms with Gasteiger partial charge in [-0.3, -0.25) is 9.69 Å². The van der Waals surface area contributed by atoms with Gasteiger partial charge in [0.2, 0.25) is 0 Å². The van der Waals surface area contributed by atoms with Crippen LogP contribution in [0.5, 0.6) is 0 Å². The third-order valence-corrected chi connectivity index (χ3v) is 3.73. The Morgan fingerprint density at radius 1 is 1.57 bits per heavy atom. The third-order valence-electron chi connectivity index (χ3n) is 3.73. The Bertz CT molecular complexity index is 229. The van der Waals surface area contributed by atoms with Crippen molar-refractivity contribution in [1.29, 1.82) is 0 Å². The Labute approximate surface area is 85.4 Å². The second kappa shape index (κ2) is 3.99. The number of likely N-dealkylation sites (tertiary alicyclic amines) is 1. The van der Waals surface area contributed by atoms with Gasteiger partial charge in [-0.15, -0.1) is 0 Å². The van der Waals surface area contributed by atoms with Crippen LogP contribution < -0.4 is 0 Å². The predicted molar refractivity (Wildman–Crippen MR) is 54.2 cm³/mol. The van der Waals surface area contributed by atoms with Gasteiger partial charge in [-0.1, -0.05) is 6.92 Å². The second-order valence-corrected chi connectivity index (χ2v) is 4.43. The number of carbonyl (C=O) groups excluding carboxylic acids is 1. The largest absolute Gasteiger partial charge is 0.380 e. The molecule has 0 spiro atoms. The van der Waals surface area contributed by atoms with Crippen LogP contribution in [0.25, 0.3) is 0 Å². The zero-order chi connectivity index (χ0) is 10.1. The number of hydrogen-bond donors (Lipinski definition) is 0. The van der Waals surface area contributed by atoms with Crippen LogP contribution in [0.15, 0.2) is 0 Å². The predicted octanol–water partition coefficient (Wildman–Crippen LogP) is 1.07. The molecule has 0 aliphatic carbocycles. The van der Waals surface area contributed by atoms with Gasteiger partial charge in [0, 0.05) is 19.1 Å². The van der Waals surface area contributed by atoms with Crippen molar-refractivity contribution in [2.45, 2.75) is 38.3 Å². The van der Waals surface area contributed by atoms with Crippen molar-refractivity contribution < 1.29 is 9.53 Å². The molecule has 0 N–H and O–H groups in total. The Hall–Kier alpha value is -0.410. The normalized spacial score (nSPS) is 38.3. The van der Waals surface area contributed by atoms with Gasteiger partial charge < -0.3 is 4.74 Å². The second-order valence-electron chi connectivity index (χ2n) is 4.43. The fourth-order valence-corrected chi connectivity index (χ4v) is 2.77. The Morgan fingerprint density at radius 2 is 2.36 bits per heavy atom. The molecule has 0 bridgehead atoms. The zero-order valence-corrected chi connectivity index (χ0v) is 9.03. The first-order chi connectivity index (χ1) is 6.74. The summed E-state index contributed by atoms with van der Waals surface area (Å²) in [5, 5.41) is 0. The number of nitrogens with zero attached hydrogens (tertiary/aromatic N) is 1. The summed E-state index contributed by atoms with van der Waals surface area (Å²) >= 11 is 0. The molecule has 0 saturated carbocycles. The molecule has 80 valence electrons. The number of Topliss-reactive ketones (excluding diaryl/α,β-unsaturated/α-hetero) is 1. The molecule has 3 atom stereocenters. The van der Waals surface area contributed by atoms with Crippen LogP contribution in [-0.2, 0) is 9.53 Å². The first-order valence-electron chi connectivity index (χ1n) is 5.56. The lowest BCUT2D eigenvalue weighted by Gasteiger charge is -2.30. The number of likely N-dealkylation sites (N-methyl/N-ethyl adjacent to an activating group) is 1. The Kier molecular flexibility index (Phi) is 2.88. The smallest absolute Gasteiger partial charge is 0.149 e. The van der Waals surface area contributed by atoms with Gasteiger partial charge >= 0.3 is 0 Å². The van der Waals surface area contributed by atoms with E-state index in [1.807, 2.05) is 6.92 Å². The maximum atomic E-state index is 11.7. The molecule has 2 aliphatic rings. The Balaban J connectivity index is 2.06. The lowest BCUT2D eigenvalue weighted by Crippen LogP contribution is -2.42. The van der Waals surface area contributed by atoms with Crippen LogP contribution in [-0.4, -0.2) is 43.0 Å². The number of hydrogen-bond acceptors (Lipinski definition) is 3. The first-order valence-corrected chi connectivity index (χ1v) is 5.56. The van der Waals surface area contributed by atoms with Crippen molar-refractivity contribution in [3.63, 3.8) is 0 Å². The van der Waals surface area contributed by atoms with Crippen LogP contribution in [0.2, 0.25) is 0 Å². The van der Waals surface area contributed by atoms with Crippen molar-refractivity contribution >= 4 is 5.78 Å². The fourth-order valence-electron chi connectivity index (χ4n) is 2.77. The van der Waals surface area contributed by atoms with E-state index in [2.05, 4.69) is 11.9 Å². The zero-order valence-electron chi connectivity index (χ0n) is 9.03. The standard InChI is InChI=1S/C11H19NO2/c1-3-11(13)9-6-8-4-5-14-7-10(8)12(9)2/h8-10H,3-7H2,1-2H3. The molecular weight excluding hydrogens is 178 g/mol. The van der Waals surface area contributed by atoms with Gasteiger partial charge in [0.05, 0.1) is 12.6 Å². The van der Waals surface area contributed by atoms with E-state index in [1.165, 1.54) is 0 Å². The third kappa shape index (κ3) is 1.59. The topological polar surface area (TPSA) is 29.5 Å². The molecule has 2 rings (SSSR count). The van der Waals surface area contributed by atoms with E-state index in [-0.39, 0.29) is 6.04 Å². The van der Waals surface area contributed by atoms with Gasteiger partial charge in [-0.05, 0) is 25.8 Å². The molecule has 2 aliphatic heterocycles. The molecule has 14 heavy (non-hydrogen) atoms. The highest BCUT2D eigenvalue weighted by molar-refractivity contribution is 5.84. The molecule has 3 nitrogen and oxygen atoms in total. The van der Waals surface area contributed by atoms with Crippen LogP contribution >= 0.6 is 0 Å². The van der Waals surface area contributed by atoms with Gasteiger partial charge in [0.1, 0.15) is 5.78 Å². The van der Waals surface area contributed by atoms with Crippen LogP contribution in [0, 0.1) is 5.92 Å². The van der Waals surface area contributed by atoms with Crippen molar-refractivity contribution in [2.75, 3.05) is 20.3 Å². The summed E-state index contributed by atoms with van der Waals surface area (Å²) in [5.41, 5.74) is 0. The average Bonchev–Trinajstić information content (AvgIpc) is 2.56. The highest BCUT2D eigenvalue weighted by atomic mass is 16.5. The van der Waals surface area contributed by atoms with Crippen LogP contribution in [0.1, 0.15) is 26.2 Å². The lowest BCUT2D eigenvalue weighted by molar-refractivity contribution is -0.123. The molecule has 2 fully saturated rings. The van der Waals surface area contributed by atoms with Crippen molar-refractivity contribution in [3.05, 3.63) is 0 Å². The van der Waals surface area contributed by atoms with Crippen molar-refractivity contribution in [2.24, 2.45) is 5.92 Å². The van der Waals surface area contributed by atoms with Crippen LogP contribution in [0.3, 0.4) is 0 Å². The number of carbonyl (C=O) groups is 1. The summed E-state index contributed by atoms with van der Waals surface area (Å²) in [6.07, 6.45) is 2.84. The SMILES string of the molecule is CCC(=O)C1CC2CCOCC2N1C. The molecule has 0 aromatic heterocycles. The molecule has 0 aromatic rings. The quantitative estimate of drug-likeness (QED) is 0.663. The van der Waals surface area contributed by atoms with E-state index in [1.54, 1.807) is 0 Å². The molecule has 0 amide bonds. The summed E-state index contributed by atoms with van der Waals surface area (Å²) in [5.74, 6) is 1.08. The minimum absolute atomic E-state index is 0.164. The molecule has 0 radical (unpaired) electrons. The monoisotopic (exact) mass is 197 g/mol. The van der Waals surface area contributed by atoms with Gasteiger partial charge in [-0.2, -0.15) is 0 Å². The number of rotatable bonds is 2. The van der Waals surface area contributed by atoms with E-state index in [9.17, 15) is 4.79 Å². The molecule has 3 unspecified atom stereocenters. The highest BCUT2D eigenvalue weighted by Gasteiger charge is 2.42. The number of ketones is 1. The number of ether oxygens (including phenoxy) is 1. The highest BCUT2D eigenvalue weighted by Crippen LogP contribution is 2.34. The number of fused-ring (bicyclic) bond motifs is 1. The fraction of sp³-hybridized carbons (Fsp3) is 0.909. The maximum Gasteiger partial charge on any atom is 0.149 e. The summed E-state index contributed by atoms with van der Waals surface area (Å²) in [7, 11) is 2.07. The van der Waals surface area contributed by atoms with Gasteiger partial charge in [0.15, 0.2) is 0 Å². The van der Waals surface area contributed by atoms with E-state index in [0.717, 1.165) is 26.1 Å². The average molecular weight is 197 g/mol. The summed E-state index contributed by atoms with van der Waals surface area (Å²) in [4.78, 5) is 13.9. The summed E-state index contributed by atoms with van der Waals surface area (Å²) < 4.78 is 5.46. The van der Waals surface area contributed by atoms with Gasteiger partial charge in [-0.25, -0.2) is 0 Å². The van der Waals surface area contributed by atoms with E-state index >= 15 is 0 Å². The minimum Gasteiger partial charge on any atom is -0.380 e. The van der Waals surface area contributed by atoms with Crippen molar-refractivity contribution in [3.8, 4) is 0 Å². The summed E-state index contributed by atoms with van der Waals surface area (Å²) in [6, 6.07) is 0.654. The lowest BCUT2D eigenvalue weighted by atomic mass is 9.93. The van der Waals surface area contributed by atoms with E-state index < -0.39 is 0 Å². The first kappa shape index (κ1) is 10.1. The van der Waals surface area contributed by atoms with E-state index in [0.29, 0.717) is 24.2 Å². The molecular formula is C11H19NO2. The molecule has 2 saturated heterocycles. The van der Waals surface area contributed by atoms with Gasteiger partial charge in [0.25, 0.3) is 0 Å². The Morgan fingerprint density at radius 3 is 3.00 bits per heavy atom. The molecule has 2 heterocycles. The van der Waals surface area contributed by atoms with E-state index in [4.69, 9.17) is 4.74 Å². The maximum absolute atomic E-state index is 11.7. The van der Waals surface area contributed by atoms with Crippen molar-refractivity contribution in [1.82, 2.24) is 4.90 Å². The molecule has 3 heteroatoms. The van der Waals surface area contributed by atoms with Crippen LogP contribution in [0.4, 0.5) is 0 Å². The molecule has 0 aromatic carbocycles.